The average Bonchev–Trinajstić information content (AvgIpc) is 2.91. The lowest BCUT2D eigenvalue weighted by Gasteiger charge is -2.27. The van der Waals surface area contributed by atoms with Crippen molar-refractivity contribution >= 4 is 5.91 Å². The molecule has 2 aliphatic rings. The summed E-state index contributed by atoms with van der Waals surface area (Å²) in [6.07, 6.45) is 7.73. The van der Waals surface area contributed by atoms with E-state index in [9.17, 15) is 4.79 Å². The van der Waals surface area contributed by atoms with Gasteiger partial charge in [0.2, 0.25) is 5.91 Å². The molecule has 2 saturated carbocycles. The van der Waals surface area contributed by atoms with Crippen LogP contribution in [0.5, 0.6) is 0 Å². The molecule has 0 aromatic heterocycles. The van der Waals surface area contributed by atoms with Gasteiger partial charge in [0, 0.05) is 26.6 Å². The Morgan fingerprint density at radius 2 is 2.12 bits per heavy atom. The van der Waals surface area contributed by atoms with Crippen LogP contribution in [0, 0.1) is 17.8 Å². The van der Waals surface area contributed by atoms with Gasteiger partial charge >= 0.3 is 0 Å². The number of fused-ring (bicyclic) bond motifs is 2. The molecule has 0 radical (unpaired) electrons. The quantitative estimate of drug-likeness (QED) is 0.721. The maximum Gasteiger partial charge on any atom is 0.222 e. The van der Waals surface area contributed by atoms with E-state index in [1.807, 2.05) is 11.9 Å². The van der Waals surface area contributed by atoms with Gasteiger partial charge < -0.3 is 10.0 Å². The number of unbranched alkanes of at least 4 members (excludes halogenated alkanes) is 1. The van der Waals surface area contributed by atoms with Crippen LogP contribution in [0.25, 0.3) is 0 Å². The van der Waals surface area contributed by atoms with Crippen molar-refractivity contribution in [1.29, 1.82) is 0 Å². The molecule has 0 aliphatic heterocycles. The molecule has 3 atom stereocenters. The number of rotatable bonds is 6. The van der Waals surface area contributed by atoms with Crippen LogP contribution in [0.4, 0.5) is 0 Å². The first kappa shape index (κ1) is 12.9. The van der Waals surface area contributed by atoms with Crippen LogP contribution >= 0.6 is 0 Å². The molecule has 0 aromatic rings. The fourth-order valence-electron chi connectivity index (χ4n) is 3.63. The minimum absolute atomic E-state index is 0.198. The first-order valence-electron chi connectivity index (χ1n) is 7.05. The Morgan fingerprint density at radius 3 is 2.71 bits per heavy atom. The predicted molar refractivity (Wildman–Crippen MR) is 67.5 cm³/mol. The second-order valence-electron chi connectivity index (χ2n) is 5.89. The number of carbonyl (C=O) groups is 1. The van der Waals surface area contributed by atoms with Crippen molar-refractivity contribution in [2.75, 3.05) is 20.2 Å². The van der Waals surface area contributed by atoms with E-state index in [0.717, 1.165) is 37.1 Å². The van der Waals surface area contributed by atoms with E-state index >= 15 is 0 Å². The van der Waals surface area contributed by atoms with Gasteiger partial charge in [-0.3, -0.25) is 4.79 Å². The highest BCUT2D eigenvalue weighted by molar-refractivity contribution is 5.75. The molecule has 1 N–H and O–H groups in total. The molecule has 0 spiro atoms. The van der Waals surface area contributed by atoms with Crippen molar-refractivity contribution in [2.24, 2.45) is 17.8 Å². The monoisotopic (exact) mass is 239 g/mol. The summed E-state index contributed by atoms with van der Waals surface area (Å²) in [4.78, 5) is 13.8. The lowest BCUT2D eigenvalue weighted by Crippen LogP contribution is -2.33. The van der Waals surface area contributed by atoms with E-state index in [1.54, 1.807) is 0 Å². The third kappa shape index (κ3) is 3.21. The Morgan fingerprint density at radius 1 is 1.29 bits per heavy atom. The summed E-state index contributed by atoms with van der Waals surface area (Å²) < 4.78 is 0. The van der Waals surface area contributed by atoms with Crippen molar-refractivity contribution in [2.45, 2.75) is 44.9 Å². The fourth-order valence-corrected chi connectivity index (χ4v) is 3.63. The van der Waals surface area contributed by atoms with Crippen molar-refractivity contribution < 1.29 is 9.90 Å². The maximum atomic E-state index is 11.9. The SMILES string of the molecule is CN(CC1CC2CCC1C2)C(=O)CCCCO. The molecule has 2 aliphatic carbocycles. The van der Waals surface area contributed by atoms with Gasteiger partial charge in [0.25, 0.3) is 0 Å². The molecule has 2 fully saturated rings. The first-order valence-corrected chi connectivity index (χ1v) is 7.05. The van der Waals surface area contributed by atoms with Crippen LogP contribution < -0.4 is 0 Å². The fraction of sp³-hybridized carbons (Fsp3) is 0.929. The van der Waals surface area contributed by atoms with E-state index in [0.29, 0.717) is 6.42 Å². The van der Waals surface area contributed by atoms with Crippen LogP contribution in [0.1, 0.15) is 44.9 Å². The van der Waals surface area contributed by atoms with E-state index < -0.39 is 0 Å². The Bertz CT molecular complexity index is 267. The summed E-state index contributed by atoms with van der Waals surface area (Å²) in [5, 5.41) is 8.69. The van der Waals surface area contributed by atoms with Crippen molar-refractivity contribution in [1.82, 2.24) is 4.90 Å². The maximum absolute atomic E-state index is 11.9. The zero-order valence-electron chi connectivity index (χ0n) is 10.9. The van der Waals surface area contributed by atoms with E-state index in [2.05, 4.69) is 0 Å². The molecule has 98 valence electrons. The zero-order valence-corrected chi connectivity index (χ0v) is 10.9. The minimum Gasteiger partial charge on any atom is -0.396 e. The summed E-state index contributed by atoms with van der Waals surface area (Å²) in [7, 11) is 1.94. The summed E-state index contributed by atoms with van der Waals surface area (Å²) >= 11 is 0. The smallest absolute Gasteiger partial charge is 0.222 e. The van der Waals surface area contributed by atoms with Gasteiger partial charge in [-0.05, 0) is 49.9 Å². The van der Waals surface area contributed by atoms with E-state index in [1.165, 1.54) is 25.7 Å². The molecule has 2 bridgehead atoms. The number of amides is 1. The highest BCUT2D eigenvalue weighted by atomic mass is 16.3. The molecule has 2 rings (SSSR count). The summed E-state index contributed by atoms with van der Waals surface area (Å²) in [5.41, 5.74) is 0. The van der Waals surface area contributed by atoms with Gasteiger partial charge in [0.05, 0.1) is 0 Å². The zero-order chi connectivity index (χ0) is 12.3. The Kier molecular flexibility index (Phi) is 4.43. The highest BCUT2D eigenvalue weighted by Gasteiger charge is 2.39. The number of carbonyl (C=O) groups excluding carboxylic acids is 1. The van der Waals surface area contributed by atoms with Crippen molar-refractivity contribution in [3.63, 3.8) is 0 Å². The Balaban J connectivity index is 1.69. The second-order valence-corrected chi connectivity index (χ2v) is 5.89. The third-order valence-electron chi connectivity index (χ3n) is 4.62. The molecule has 3 heteroatoms. The largest absolute Gasteiger partial charge is 0.396 e. The number of hydrogen-bond acceptors (Lipinski definition) is 2. The van der Waals surface area contributed by atoms with Crippen LogP contribution in [-0.2, 0) is 4.79 Å². The lowest BCUT2D eigenvalue weighted by atomic mass is 9.88. The molecule has 3 unspecified atom stereocenters. The number of nitrogens with zero attached hydrogens (tertiary/aromatic N) is 1. The molecule has 0 saturated heterocycles. The molecular formula is C14H25NO2. The molecule has 3 nitrogen and oxygen atoms in total. The molecule has 1 amide bonds. The molecule has 0 heterocycles. The van der Waals surface area contributed by atoms with Crippen LogP contribution in [0.15, 0.2) is 0 Å². The molecular weight excluding hydrogens is 214 g/mol. The van der Waals surface area contributed by atoms with E-state index in [-0.39, 0.29) is 12.5 Å². The summed E-state index contributed by atoms with van der Waals surface area (Å²) in [6.45, 7) is 1.16. The summed E-state index contributed by atoms with van der Waals surface area (Å²) in [5.74, 6) is 2.87. The standard InChI is InChI=1S/C14H25NO2/c1-15(14(17)4-2-3-7-16)10-13-9-11-5-6-12(13)8-11/h11-13,16H,2-10H2,1H3. The van der Waals surface area contributed by atoms with Crippen LogP contribution in [0.2, 0.25) is 0 Å². The van der Waals surface area contributed by atoms with Gasteiger partial charge in [-0.1, -0.05) is 6.42 Å². The normalized spacial score (nSPS) is 30.8. The highest BCUT2D eigenvalue weighted by Crippen LogP contribution is 2.48. The predicted octanol–water partition coefficient (Wildman–Crippen LogP) is 2.04. The first-order chi connectivity index (χ1) is 8.20. The van der Waals surface area contributed by atoms with Gasteiger partial charge in [-0.2, -0.15) is 0 Å². The second kappa shape index (κ2) is 5.85. The minimum atomic E-state index is 0.198. The van der Waals surface area contributed by atoms with Crippen molar-refractivity contribution in [3.05, 3.63) is 0 Å². The number of aliphatic hydroxyl groups excluding tert-OH is 1. The van der Waals surface area contributed by atoms with Gasteiger partial charge in [-0.25, -0.2) is 0 Å². The third-order valence-corrected chi connectivity index (χ3v) is 4.62. The van der Waals surface area contributed by atoms with Crippen molar-refractivity contribution in [3.8, 4) is 0 Å². The number of hydrogen-bond donors (Lipinski definition) is 1. The average molecular weight is 239 g/mol. The van der Waals surface area contributed by atoms with Gasteiger partial charge in [-0.15, -0.1) is 0 Å². The van der Waals surface area contributed by atoms with E-state index in [4.69, 9.17) is 5.11 Å². The lowest BCUT2D eigenvalue weighted by molar-refractivity contribution is -0.130. The molecule has 17 heavy (non-hydrogen) atoms. The number of aliphatic hydroxyl groups is 1. The van der Waals surface area contributed by atoms with Gasteiger partial charge in [0.15, 0.2) is 0 Å². The Labute approximate surface area is 104 Å². The Hall–Kier alpha value is -0.570. The van der Waals surface area contributed by atoms with Gasteiger partial charge in [0.1, 0.15) is 0 Å². The molecule has 0 aromatic carbocycles. The van der Waals surface area contributed by atoms with Crippen LogP contribution in [0.3, 0.4) is 0 Å². The van der Waals surface area contributed by atoms with Crippen LogP contribution in [-0.4, -0.2) is 36.1 Å². The topological polar surface area (TPSA) is 40.5 Å². The summed E-state index contributed by atoms with van der Waals surface area (Å²) in [6, 6.07) is 0.